The summed E-state index contributed by atoms with van der Waals surface area (Å²) in [4.78, 5) is 13.0. The molecule has 1 aliphatic rings. The van der Waals surface area contributed by atoms with Gasteiger partial charge in [-0.2, -0.15) is 4.31 Å². The van der Waals surface area contributed by atoms with Crippen LogP contribution in [0.25, 0.3) is 10.8 Å². The Bertz CT molecular complexity index is 1110. The molecule has 0 radical (unpaired) electrons. The number of nitrogens with one attached hydrogen (secondary N) is 1. The van der Waals surface area contributed by atoms with Gasteiger partial charge in [0.25, 0.3) is 0 Å². The minimum Gasteiger partial charge on any atom is -0.354 e. The Morgan fingerprint density at radius 3 is 2.48 bits per heavy atom. The molecule has 1 aliphatic heterocycles. The van der Waals surface area contributed by atoms with E-state index >= 15 is 0 Å². The van der Waals surface area contributed by atoms with E-state index in [1.807, 2.05) is 60.7 Å². The molecular weight excluding hydrogens is 384 g/mol. The Kier molecular flexibility index (Phi) is 5.65. The molecule has 5 nitrogen and oxygen atoms in total. The van der Waals surface area contributed by atoms with E-state index in [-0.39, 0.29) is 10.8 Å². The lowest BCUT2D eigenvalue weighted by Crippen LogP contribution is -2.46. The SMILES string of the molecule is O=C(NCCc1ccccc1)[C@H]1CCCN1S(=O)(=O)c1ccc2ccccc2c1. The summed E-state index contributed by atoms with van der Waals surface area (Å²) in [6.45, 7) is 0.856. The van der Waals surface area contributed by atoms with Gasteiger partial charge >= 0.3 is 0 Å². The molecule has 0 spiro atoms. The highest BCUT2D eigenvalue weighted by atomic mass is 32.2. The van der Waals surface area contributed by atoms with Crippen molar-refractivity contribution in [3.05, 3.63) is 78.4 Å². The zero-order valence-corrected chi connectivity index (χ0v) is 16.9. The first-order valence-electron chi connectivity index (χ1n) is 9.88. The fourth-order valence-electron chi connectivity index (χ4n) is 3.85. The third kappa shape index (κ3) is 4.18. The molecule has 3 aromatic rings. The van der Waals surface area contributed by atoms with Crippen molar-refractivity contribution in [1.82, 2.24) is 9.62 Å². The molecule has 1 N–H and O–H groups in total. The summed E-state index contributed by atoms with van der Waals surface area (Å²) in [5.74, 6) is -0.220. The number of nitrogens with zero attached hydrogens (tertiary/aromatic N) is 1. The second-order valence-electron chi connectivity index (χ2n) is 7.31. The number of sulfonamides is 1. The second-order valence-corrected chi connectivity index (χ2v) is 9.20. The fraction of sp³-hybridized carbons (Fsp3) is 0.261. The lowest BCUT2D eigenvalue weighted by molar-refractivity contribution is -0.124. The lowest BCUT2D eigenvalue weighted by atomic mass is 10.1. The van der Waals surface area contributed by atoms with Crippen molar-refractivity contribution < 1.29 is 13.2 Å². The van der Waals surface area contributed by atoms with Crippen molar-refractivity contribution in [2.75, 3.05) is 13.1 Å². The zero-order chi connectivity index (χ0) is 20.3. The second kappa shape index (κ2) is 8.35. The van der Waals surface area contributed by atoms with Crippen LogP contribution in [0.2, 0.25) is 0 Å². The van der Waals surface area contributed by atoms with Gasteiger partial charge in [-0.25, -0.2) is 8.42 Å². The van der Waals surface area contributed by atoms with Gasteiger partial charge in [-0.15, -0.1) is 0 Å². The fourth-order valence-corrected chi connectivity index (χ4v) is 5.54. The molecule has 29 heavy (non-hydrogen) atoms. The normalized spacial score (nSPS) is 17.4. The molecule has 4 rings (SSSR count). The number of hydrogen-bond acceptors (Lipinski definition) is 3. The summed E-state index contributed by atoms with van der Waals surface area (Å²) < 4.78 is 27.8. The van der Waals surface area contributed by atoms with E-state index in [2.05, 4.69) is 5.32 Å². The van der Waals surface area contributed by atoms with Crippen LogP contribution in [-0.4, -0.2) is 37.8 Å². The monoisotopic (exact) mass is 408 g/mol. The average Bonchev–Trinajstić information content (AvgIpc) is 3.25. The Balaban J connectivity index is 1.48. The highest BCUT2D eigenvalue weighted by Crippen LogP contribution is 2.28. The van der Waals surface area contributed by atoms with Crippen LogP contribution in [0.4, 0.5) is 0 Å². The van der Waals surface area contributed by atoms with E-state index in [1.54, 1.807) is 12.1 Å². The lowest BCUT2D eigenvalue weighted by Gasteiger charge is -2.23. The van der Waals surface area contributed by atoms with Crippen LogP contribution in [0.15, 0.2) is 77.7 Å². The Labute approximate surface area is 171 Å². The van der Waals surface area contributed by atoms with Crippen LogP contribution in [-0.2, 0) is 21.2 Å². The molecule has 0 aliphatic carbocycles. The van der Waals surface area contributed by atoms with Crippen LogP contribution in [0, 0.1) is 0 Å². The molecule has 0 saturated carbocycles. The highest BCUT2D eigenvalue weighted by molar-refractivity contribution is 7.89. The Morgan fingerprint density at radius 2 is 1.69 bits per heavy atom. The first-order valence-corrected chi connectivity index (χ1v) is 11.3. The summed E-state index contributed by atoms with van der Waals surface area (Å²) in [6, 6.07) is 22.0. The molecule has 1 fully saturated rings. The van der Waals surface area contributed by atoms with Crippen LogP contribution in [0.3, 0.4) is 0 Å². The minimum absolute atomic E-state index is 0.220. The molecule has 0 bridgehead atoms. The van der Waals surface area contributed by atoms with Crippen molar-refractivity contribution in [3.63, 3.8) is 0 Å². The quantitative estimate of drug-likeness (QED) is 0.680. The Hall–Kier alpha value is -2.70. The van der Waals surface area contributed by atoms with Gasteiger partial charge in [-0.1, -0.05) is 60.7 Å². The van der Waals surface area contributed by atoms with Gasteiger partial charge in [0.1, 0.15) is 6.04 Å². The van der Waals surface area contributed by atoms with Crippen LogP contribution >= 0.6 is 0 Å². The Morgan fingerprint density at radius 1 is 0.966 bits per heavy atom. The van der Waals surface area contributed by atoms with Gasteiger partial charge in [0.15, 0.2) is 0 Å². The highest BCUT2D eigenvalue weighted by Gasteiger charge is 2.39. The van der Waals surface area contributed by atoms with Crippen LogP contribution in [0.1, 0.15) is 18.4 Å². The van der Waals surface area contributed by atoms with E-state index in [0.717, 1.165) is 22.8 Å². The van der Waals surface area contributed by atoms with Crippen molar-refractivity contribution in [3.8, 4) is 0 Å². The minimum atomic E-state index is -3.73. The maximum absolute atomic E-state index is 13.2. The number of carbonyl (C=O) groups is 1. The van der Waals surface area contributed by atoms with Crippen molar-refractivity contribution in [2.24, 2.45) is 0 Å². The van der Waals surface area contributed by atoms with Crippen molar-refractivity contribution in [1.29, 1.82) is 0 Å². The van der Waals surface area contributed by atoms with Gasteiger partial charge in [-0.05, 0) is 47.7 Å². The first-order chi connectivity index (χ1) is 14.1. The van der Waals surface area contributed by atoms with E-state index < -0.39 is 16.1 Å². The van der Waals surface area contributed by atoms with Crippen molar-refractivity contribution >= 4 is 26.7 Å². The molecule has 1 atom stereocenters. The smallest absolute Gasteiger partial charge is 0.243 e. The topological polar surface area (TPSA) is 66.5 Å². The van der Waals surface area contributed by atoms with Gasteiger partial charge < -0.3 is 5.32 Å². The summed E-state index contributed by atoms with van der Waals surface area (Å²) in [7, 11) is -3.73. The van der Waals surface area contributed by atoms with Gasteiger partial charge in [0.2, 0.25) is 15.9 Å². The summed E-state index contributed by atoms with van der Waals surface area (Å²) in [5, 5.41) is 4.77. The molecule has 1 heterocycles. The standard InChI is InChI=1S/C23H24N2O3S/c26-23(24-15-14-18-7-2-1-3-8-18)22-11-6-16-25(22)29(27,28)21-13-12-19-9-4-5-10-20(19)17-21/h1-5,7-10,12-13,17,22H,6,11,14-16H2,(H,24,26)/t22-/m1/s1. The number of carbonyl (C=O) groups excluding carboxylic acids is 1. The van der Waals surface area contributed by atoms with E-state index in [9.17, 15) is 13.2 Å². The molecule has 0 aromatic heterocycles. The van der Waals surface area contributed by atoms with E-state index in [4.69, 9.17) is 0 Å². The largest absolute Gasteiger partial charge is 0.354 e. The number of hydrogen-bond donors (Lipinski definition) is 1. The molecule has 150 valence electrons. The molecule has 0 unspecified atom stereocenters. The van der Waals surface area contributed by atoms with Gasteiger partial charge in [0.05, 0.1) is 4.90 Å². The first kappa shape index (κ1) is 19.6. The molecule has 6 heteroatoms. The van der Waals surface area contributed by atoms with Crippen LogP contribution < -0.4 is 5.32 Å². The van der Waals surface area contributed by atoms with E-state index in [0.29, 0.717) is 25.9 Å². The maximum atomic E-state index is 13.2. The number of rotatable bonds is 6. The summed E-state index contributed by atoms with van der Waals surface area (Å²) in [5.41, 5.74) is 1.14. The predicted octanol–water partition coefficient (Wildman–Crippen LogP) is 3.35. The average molecular weight is 409 g/mol. The predicted molar refractivity (Wildman–Crippen MR) is 114 cm³/mol. The van der Waals surface area contributed by atoms with Crippen molar-refractivity contribution in [2.45, 2.75) is 30.2 Å². The summed E-state index contributed by atoms with van der Waals surface area (Å²) >= 11 is 0. The third-order valence-corrected chi connectivity index (χ3v) is 7.29. The maximum Gasteiger partial charge on any atom is 0.243 e. The molecule has 1 saturated heterocycles. The van der Waals surface area contributed by atoms with E-state index in [1.165, 1.54) is 4.31 Å². The van der Waals surface area contributed by atoms with Crippen LogP contribution in [0.5, 0.6) is 0 Å². The number of fused-ring (bicyclic) bond motifs is 1. The number of amides is 1. The molecular formula is C23H24N2O3S. The zero-order valence-electron chi connectivity index (χ0n) is 16.1. The van der Waals surface area contributed by atoms with Gasteiger partial charge in [-0.3, -0.25) is 4.79 Å². The number of benzene rings is 3. The van der Waals surface area contributed by atoms with Gasteiger partial charge in [0, 0.05) is 13.1 Å². The summed E-state index contributed by atoms with van der Waals surface area (Å²) in [6.07, 6.45) is 1.95. The molecule has 3 aromatic carbocycles. The third-order valence-electron chi connectivity index (χ3n) is 5.39. The molecule has 1 amide bonds.